The van der Waals surface area contributed by atoms with Gasteiger partial charge in [0.15, 0.2) is 0 Å². The predicted molar refractivity (Wildman–Crippen MR) is 78.4 cm³/mol. The van der Waals surface area contributed by atoms with Gasteiger partial charge in [-0.1, -0.05) is 11.6 Å². The molecule has 2 aromatic heterocycles. The van der Waals surface area contributed by atoms with Gasteiger partial charge in [-0.3, -0.25) is 0 Å². The number of hydrogen-bond donors (Lipinski definition) is 1. The van der Waals surface area contributed by atoms with E-state index >= 15 is 0 Å². The Kier molecular flexibility index (Phi) is 3.54. The molecular weight excluding hydrogens is 334 g/mol. The molecule has 94 valence electrons. The minimum Gasteiger partial charge on any atom is -0.365 e. The van der Waals surface area contributed by atoms with Crippen LogP contribution in [0.2, 0.25) is 5.15 Å². The lowest BCUT2D eigenvalue weighted by Crippen LogP contribution is -2.03. The summed E-state index contributed by atoms with van der Waals surface area (Å²) in [6.45, 7) is 0.758. The fourth-order valence-electron chi connectivity index (χ4n) is 1.67. The van der Waals surface area contributed by atoms with Crippen LogP contribution in [0.25, 0.3) is 0 Å². The Bertz CT molecular complexity index is 568. The third-order valence-electron chi connectivity index (χ3n) is 2.73. The Morgan fingerprint density at radius 3 is 2.89 bits per heavy atom. The molecule has 2 heterocycles. The van der Waals surface area contributed by atoms with E-state index in [1.807, 2.05) is 6.07 Å². The lowest BCUT2D eigenvalue weighted by atomic mass is 10.4. The number of thiophene rings is 1. The third-order valence-corrected chi connectivity index (χ3v) is 4.54. The SMILES string of the molecule is Clc1cc(NCc2ccc(Br)s2)nc(C2CC2)n1. The monoisotopic (exact) mass is 343 g/mol. The number of halogens is 2. The van der Waals surface area contributed by atoms with Crippen molar-refractivity contribution in [2.45, 2.75) is 25.3 Å². The van der Waals surface area contributed by atoms with E-state index in [-0.39, 0.29) is 0 Å². The Balaban J connectivity index is 1.71. The summed E-state index contributed by atoms with van der Waals surface area (Å²) in [5.74, 6) is 2.19. The first-order valence-electron chi connectivity index (χ1n) is 5.73. The maximum Gasteiger partial charge on any atom is 0.135 e. The summed E-state index contributed by atoms with van der Waals surface area (Å²) in [4.78, 5) is 10.0. The van der Waals surface area contributed by atoms with Crippen molar-refractivity contribution in [2.24, 2.45) is 0 Å². The molecule has 0 aromatic carbocycles. The Morgan fingerprint density at radius 2 is 2.22 bits per heavy atom. The lowest BCUT2D eigenvalue weighted by Gasteiger charge is -2.06. The third kappa shape index (κ3) is 3.02. The van der Waals surface area contributed by atoms with Gasteiger partial charge in [-0.2, -0.15) is 0 Å². The first kappa shape index (κ1) is 12.4. The Labute approximate surface area is 123 Å². The van der Waals surface area contributed by atoms with Crippen LogP contribution >= 0.6 is 38.9 Å². The first-order valence-corrected chi connectivity index (χ1v) is 7.72. The highest BCUT2D eigenvalue weighted by Gasteiger charge is 2.27. The van der Waals surface area contributed by atoms with Crippen LogP contribution in [0.3, 0.4) is 0 Å². The van der Waals surface area contributed by atoms with Crippen molar-refractivity contribution in [2.75, 3.05) is 5.32 Å². The van der Waals surface area contributed by atoms with Crippen LogP contribution in [0.5, 0.6) is 0 Å². The van der Waals surface area contributed by atoms with Gasteiger partial charge in [0.1, 0.15) is 16.8 Å². The highest BCUT2D eigenvalue weighted by Crippen LogP contribution is 2.38. The smallest absolute Gasteiger partial charge is 0.135 e. The second-order valence-corrected chi connectivity index (χ2v) is 7.20. The molecule has 1 saturated carbocycles. The maximum atomic E-state index is 6.01. The summed E-state index contributed by atoms with van der Waals surface area (Å²) in [5, 5.41) is 3.81. The Hall–Kier alpha value is -0.650. The molecule has 0 radical (unpaired) electrons. The largest absolute Gasteiger partial charge is 0.365 e. The summed E-state index contributed by atoms with van der Waals surface area (Å²) in [7, 11) is 0. The predicted octanol–water partition coefficient (Wildman–Crippen LogP) is 4.44. The zero-order chi connectivity index (χ0) is 12.5. The van der Waals surface area contributed by atoms with Crippen molar-refractivity contribution in [3.05, 3.63) is 37.8 Å². The van der Waals surface area contributed by atoms with Gasteiger partial charge in [0.05, 0.1) is 10.3 Å². The number of anilines is 1. The van der Waals surface area contributed by atoms with E-state index in [1.54, 1.807) is 17.4 Å². The molecule has 2 aromatic rings. The molecule has 0 saturated heterocycles. The maximum absolute atomic E-state index is 6.01. The van der Waals surface area contributed by atoms with Gasteiger partial charge < -0.3 is 5.32 Å². The summed E-state index contributed by atoms with van der Waals surface area (Å²) in [6, 6.07) is 5.91. The normalized spacial score (nSPS) is 14.8. The molecule has 3 rings (SSSR count). The molecule has 0 bridgehead atoms. The van der Waals surface area contributed by atoms with Crippen LogP contribution in [0.1, 0.15) is 29.5 Å². The van der Waals surface area contributed by atoms with E-state index in [0.29, 0.717) is 11.1 Å². The summed E-state index contributed by atoms with van der Waals surface area (Å²) in [5.41, 5.74) is 0. The quantitative estimate of drug-likeness (QED) is 0.833. The average molecular weight is 345 g/mol. The van der Waals surface area contributed by atoms with Crippen LogP contribution in [0.15, 0.2) is 22.0 Å². The number of nitrogens with zero attached hydrogens (tertiary/aromatic N) is 2. The van der Waals surface area contributed by atoms with Gasteiger partial charge in [-0.25, -0.2) is 9.97 Å². The molecule has 0 unspecified atom stereocenters. The standard InChI is InChI=1S/C12H11BrClN3S/c13-9-4-3-8(18-9)6-15-11-5-10(14)16-12(17-11)7-1-2-7/h3-5,7H,1-2,6H2,(H,15,16,17). The highest BCUT2D eigenvalue weighted by molar-refractivity contribution is 9.11. The van der Waals surface area contributed by atoms with Crippen molar-refractivity contribution in [3.8, 4) is 0 Å². The average Bonchev–Trinajstić information content (AvgIpc) is 3.10. The van der Waals surface area contributed by atoms with Gasteiger partial charge in [-0.15, -0.1) is 11.3 Å². The van der Waals surface area contributed by atoms with Crippen molar-refractivity contribution in [1.82, 2.24) is 9.97 Å². The molecule has 0 spiro atoms. The van der Waals surface area contributed by atoms with Crippen LogP contribution in [0, 0.1) is 0 Å². The highest BCUT2D eigenvalue weighted by atomic mass is 79.9. The molecule has 0 amide bonds. The topological polar surface area (TPSA) is 37.8 Å². The summed E-state index contributed by atoms with van der Waals surface area (Å²) < 4.78 is 1.14. The molecule has 1 fully saturated rings. The number of rotatable bonds is 4. The zero-order valence-electron chi connectivity index (χ0n) is 9.49. The zero-order valence-corrected chi connectivity index (χ0v) is 12.6. The van der Waals surface area contributed by atoms with E-state index < -0.39 is 0 Å². The molecule has 6 heteroatoms. The minimum absolute atomic E-state index is 0.514. The van der Waals surface area contributed by atoms with E-state index in [2.05, 4.69) is 37.3 Å². The van der Waals surface area contributed by atoms with Gasteiger partial charge >= 0.3 is 0 Å². The van der Waals surface area contributed by atoms with Gasteiger partial charge in [0.25, 0.3) is 0 Å². The van der Waals surface area contributed by atoms with Crippen LogP contribution in [-0.4, -0.2) is 9.97 Å². The van der Waals surface area contributed by atoms with Crippen molar-refractivity contribution < 1.29 is 0 Å². The first-order chi connectivity index (χ1) is 8.70. The fraction of sp³-hybridized carbons (Fsp3) is 0.333. The van der Waals surface area contributed by atoms with Gasteiger partial charge in [-0.05, 0) is 40.9 Å². The van der Waals surface area contributed by atoms with Gasteiger partial charge in [0.2, 0.25) is 0 Å². The number of aromatic nitrogens is 2. The molecule has 18 heavy (non-hydrogen) atoms. The van der Waals surface area contributed by atoms with E-state index in [0.717, 1.165) is 22.0 Å². The van der Waals surface area contributed by atoms with Crippen LogP contribution in [-0.2, 0) is 6.54 Å². The summed E-state index contributed by atoms with van der Waals surface area (Å²) in [6.07, 6.45) is 2.36. The molecule has 1 N–H and O–H groups in total. The van der Waals surface area contributed by atoms with Crippen molar-refractivity contribution in [1.29, 1.82) is 0 Å². The van der Waals surface area contributed by atoms with Crippen LogP contribution in [0.4, 0.5) is 5.82 Å². The van der Waals surface area contributed by atoms with Crippen molar-refractivity contribution in [3.63, 3.8) is 0 Å². The molecular formula is C12H11BrClN3S. The fourth-order valence-corrected chi connectivity index (χ4v) is 3.29. The number of nitrogens with one attached hydrogen (secondary N) is 1. The van der Waals surface area contributed by atoms with Crippen LogP contribution < -0.4 is 5.32 Å². The lowest BCUT2D eigenvalue weighted by molar-refractivity contribution is 0.922. The molecule has 1 aliphatic carbocycles. The minimum atomic E-state index is 0.514. The van der Waals surface area contributed by atoms with E-state index in [4.69, 9.17) is 11.6 Å². The molecule has 3 nitrogen and oxygen atoms in total. The van der Waals surface area contributed by atoms with Gasteiger partial charge in [0, 0.05) is 16.9 Å². The molecule has 0 atom stereocenters. The summed E-state index contributed by atoms with van der Waals surface area (Å²) >= 11 is 11.2. The van der Waals surface area contributed by atoms with E-state index in [9.17, 15) is 0 Å². The number of hydrogen-bond acceptors (Lipinski definition) is 4. The second-order valence-electron chi connectivity index (χ2n) is 4.27. The van der Waals surface area contributed by atoms with E-state index in [1.165, 1.54) is 17.7 Å². The molecule has 1 aliphatic rings. The second kappa shape index (κ2) is 5.15. The Morgan fingerprint density at radius 1 is 1.39 bits per heavy atom. The van der Waals surface area contributed by atoms with Crippen molar-refractivity contribution >= 4 is 44.7 Å². The molecule has 0 aliphatic heterocycles.